The van der Waals surface area contributed by atoms with Crippen molar-refractivity contribution in [2.45, 2.75) is 20.8 Å². The lowest BCUT2D eigenvalue weighted by Gasteiger charge is -2.15. The van der Waals surface area contributed by atoms with E-state index in [0.717, 1.165) is 26.9 Å². The smallest absolute Gasteiger partial charge is 0.477 e. The lowest BCUT2D eigenvalue weighted by atomic mass is 9.91. The fraction of sp³-hybridized carbons (Fsp3) is 0.227. The van der Waals surface area contributed by atoms with E-state index in [1.165, 1.54) is 11.3 Å². The van der Waals surface area contributed by atoms with Gasteiger partial charge in [-0.2, -0.15) is 0 Å². The number of thiophene rings is 1. The van der Waals surface area contributed by atoms with Gasteiger partial charge >= 0.3 is 14.0 Å². The zero-order valence-electron chi connectivity index (χ0n) is 16.2. The molecule has 4 nitrogen and oxygen atoms in total. The molecule has 0 saturated heterocycles. The van der Waals surface area contributed by atoms with Gasteiger partial charge in [-0.15, -0.1) is 15.9 Å². The van der Waals surface area contributed by atoms with Gasteiger partial charge in [-0.25, -0.2) is 4.79 Å². The third-order valence-corrected chi connectivity index (χ3v) is 6.88. The molecule has 0 fully saturated rings. The van der Waals surface area contributed by atoms with Crippen LogP contribution in [0.25, 0.3) is 10.4 Å². The molecule has 0 spiro atoms. The summed E-state index contributed by atoms with van der Waals surface area (Å²) >= 11 is 1.29. The molecule has 1 N–H and O–H groups in total. The molecule has 28 heavy (non-hydrogen) atoms. The number of carboxylic acid groups (broad SMARTS) is 1. The molecule has 1 aromatic heterocycles. The van der Waals surface area contributed by atoms with E-state index >= 15 is 0 Å². The van der Waals surface area contributed by atoms with E-state index < -0.39 is 14.0 Å². The highest BCUT2D eigenvalue weighted by atomic mass is 32.1. The van der Waals surface area contributed by atoms with Crippen LogP contribution in [0, 0.1) is 5.92 Å². The number of hydrogen-bond acceptors (Lipinski definition) is 4. The normalized spacial score (nSPS) is 16.5. The van der Waals surface area contributed by atoms with Crippen LogP contribution in [0.2, 0.25) is 0 Å². The van der Waals surface area contributed by atoms with Gasteiger partial charge in [-0.3, -0.25) is 0 Å². The summed E-state index contributed by atoms with van der Waals surface area (Å²) in [4.78, 5) is 12.0. The Bertz CT molecular complexity index is 925. The molecule has 146 valence electrons. The standard InChI is InChI=1S/C11H16O2P.C11H8O2S/c1-5-13-14(12)11-7-6-8(2)9(3)10(11)4;12-11(13)10-7-6-9(14-10)8-4-2-1-3-5-8/h6-7,10H,3,5H2,1-2,4H3;1-7H,(H,12,13)/q+1;. The van der Waals surface area contributed by atoms with Crippen LogP contribution in [0.4, 0.5) is 0 Å². The molecular weight excluding hydrogens is 391 g/mol. The van der Waals surface area contributed by atoms with Crippen molar-refractivity contribution in [3.63, 3.8) is 0 Å². The quantitative estimate of drug-likeness (QED) is 0.539. The average Bonchev–Trinajstić information content (AvgIpc) is 3.18. The van der Waals surface area contributed by atoms with Gasteiger partial charge in [0.1, 0.15) is 11.5 Å². The highest BCUT2D eigenvalue weighted by Gasteiger charge is 2.33. The summed E-state index contributed by atoms with van der Waals surface area (Å²) < 4.78 is 16.8. The minimum Gasteiger partial charge on any atom is -0.477 e. The molecule has 0 saturated carbocycles. The number of benzene rings is 1. The third-order valence-electron chi connectivity index (χ3n) is 4.31. The lowest BCUT2D eigenvalue weighted by Crippen LogP contribution is -2.05. The van der Waals surface area contributed by atoms with Crippen LogP contribution >= 0.6 is 19.4 Å². The Morgan fingerprint density at radius 3 is 2.46 bits per heavy atom. The summed E-state index contributed by atoms with van der Waals surface area (Å²) in [6.45, 7) is 10.3. The SMILES string of the molecule is C=C1C(C)=CC=C([P+](=O)OCC)C1C.O=C(O)c1ccc(-c2ccccc2)s1. The molecule has 1 aliphatic carbocycles. The maximum absolute atomic E-state index is 11.6. The monoisotopic (exact) mass is 415 g/mol. The minimum absolute atomic E-state index is 0.134. The van der Waals surface area contributed by atoms with E-state index in [1.807, 2.05) is 69.3 Å². The number of carboxylic acids is 1. The zero-order chi connectivity index (χ0) is 20.7. The first-order valence-electron chi connectivity index (χ1n) is 8.91. The number of aromatic carboxylic acids is 1. The zero-order valence-corrected chi connectivity index (χ0v) is 17.9. The first kappa shape index (κ1) is 22.0. The molecular formula is C22H24O4PS+. The molecule has 6 heteroatoms. The maximum atomic E-state index is 11.6. The Kier molecular flexibility index (Phi) is 8.06. The van der Waals surface area contributed by atoms with Crippen molar-refractivity contribution in [3.8, 4) is 10.4 Å². The average molecular weight is 415 g/mol. The second-order valence-electron chi connectivity index (χ2n) is 6.20. The van der Waals surface area contributed by atoms with Gasteiger partial charge in [0.25, 0.3) is 0 Å². The van der Waals surface area contributed by atoms with Crippen molar-refractivity contribution < 1.29 is 19.0 Å². The van der Waals surface area contributed by atoms with Crippen molar-refractivity contribution in [2.75, 3.05) is 6.61 Å². The Labute approximate surface area is 170 Å². The van der Waals surface area contributed by atoms with Crippen LogP contribution in [-0.2, 0) is 9.09 Å². The molecule has 2 aromatic rings. The third kappa shape index (κ3) is 5.59. The number of carbonyl (C=O) groups is 1. The van der Waals surface area contributed by atoms with E-state index in [2.05, 4.69) is 6.58 Å². The van der Waals surface area contributed by atoms with Crippen LogP contribution in [0.15, 0.2) is 77.7 Å². The highest BCUT2D eigenvalue weighted by molar-refractivity contribution is 7.44. The van der Waals surface area contributed by atoms with E-state index in [1.54, 1.807) is 6.07 Å². The molecule has 2 unspecified atom stereocenters. The Balaban J connectivity index is 0.000000200. The summed E-state index contributed by atoms with van der Waals surface area (Å²) in [6.07, 6.45) is 3.84. The van der Waals surface area contributed by atoms with Gasteiger partial charge in [-0.05, 0) is 53.3 Å². The van der Waals surface area contributed by atoms with E-state index in [9.17, 15) is 9.36 Å². The summed E-state index contributed by atoms with van der Waals surface area (Å²) in [6, 6.07) is 13.2. The Hall–Kier alpha value is -2.33. The van der Waals surface area contributed by atoms with Crippen molar-refractivity contribution in [1.29, 1.82) is 0 Å². The van der Waals surface area contributed by atoms with Gasteiger partial charge in [0.15, 0.2) is 0 Å². The molecule has 0 radical (unpaired) electrons. The molecule has 2 atom stereocenters. The lowest BCUT2D eigenvalue weighted by molar-refractivity contribution is 0.0702. The van der Waals surface area contributed by atoms with Gasteiger partial charge in [-0.1, -0.05) is 49.9 Å². The topological polar surface area (TPSA) is 63.6 Å². The van der Waals surface area contributed by atoms with Gasteiger partial charge in [0, 0.05) is 4.88 Å². The van der Waals surface area contributed by atoms with Crippen molar-refractivity contribution >= 4 is 25.3 Å². The molecule has 3 rings (SSSR count). The first-order valence-corrected chi connectivity index (χ1v) is 10.9. The molecule has 0 amide bonds. The summed E-state index contributed by atoms with van der Waals surface area (Å²) in [5.74, 6) is -0.729. The predicted molar refractivity (Wildman–Crippen MR) is 116 cm³/mol. The maximum Gasteiger partial charge on any atom is 0.544 e. The van der Waals surface area contributed by atoms with E-state index in [0.29, 0.717) is 11.5 Å². The van der Waals surface area contributed by atoms with E-state index in [4.69, 9.17) is 9.63 Å². The minimum atomic E-state index is -1.68. The van der Waals surface area contributed by atoms with Crippen molar-refractivity contribution in [2.24, 2.45) is 5.92 Å². The molecule has 1 aromatic carbocycles. The summed E-state index contributed by atoms with van der Waals surface area (Å²) in [7, 11) is -1.68. The highest BCUT2D eigenvalue weighted by Crippen LogP contribution is 2.44. The van der Waals surface area contributed by atoms with Crippen molar-refractivity contribution in [1.82, 2.24) is 0 Å². The number of rotatable bonds is 5. The van der Waals surface area contributed by atoms with Gasteiger partial charge < -0.3 is 5.11 Å². The Morgan fingerprint density at radius 1 is 1.21 bits per heavy atom. The van der Waals surface area contributed by atoms with Crippen molar-refractivity contribution in [3.05, 3.63) is 82.5 Å². The second kappa shape index (κ2) is 10.3. The predicted octanol–water partition coefficient (Wildman–Crippen LogP) is 6.91. The molecule has 1 heterocycles. The largest absolute Gasteiger partial charge is 0.544 e. The number of hydrogen-bond donors (Lipinski definition) is 1. The van der Waals surface area contributed by atoms with Crippen LogP contribution in [0.5, 0.6) is 0 Å². The first-order chi connectivity index (χ1) is 13.3. The summed E-state index contributed by atoms with van der Waals surface area (Å²) in [5, 5.41) is 9.60. The Morgan fingerprint density at radius 2 is 1.89 bits per heavy atom. The number of allylic oxidation sites excluding steroid dienone is 5. The second-order valence-corrected chi connectivity index (χ2v) is 8.57. The molecule has 1 aliphatic rings. The van der Waals surface area contributed by atoms with Crippen LogP contribution in [0.1, 0.15) is 30.4 Å². The van der Waals surface area contributed by atoms with Crippen LogP contribution in [-0.4, -0.2) is 17.7 Å². The van der Waals surface area contributed by atoms with Gasteiger partial charge in [0.2, 0.25) is 5.31 Å². The van der Waals surface area contributed by atoms with Crippen LogP contribution in [0.3, 0.4) is 0 Å². The summed E-state index contributed by atoms with van der Waals surface area (Å²) in [5.41, 5.74) is 3.25. The fourth-order valence-electron chi connectivity index (χ4n) is 2.60. The van der Waals surface area contributed by atoms with Gasteiger partial charge in [0.05, 0.1) is 5.92 Å². The molecule has 0 bridgehead atoms. The molecule has 0 aliphatic heterocycles. The van der Waals surface area contributed by atoms with E-state index in [-0.39, 0.29) is 5.92 Å². The van der Waals surface area contributed by atoms with Crippen LogP contribution < -0.4 is 0 Å². The fourth-order valence-corrected chi connectivity index (χ4v) is 4.51.